The van der Waals surface area contributed by atoms with Gasteiger partial charge in [-0.3, -0.25) is 9.59 Å². The fourth-order valence-corrected chi connectivity index (χ4v) is 3.65. The third-order valence-electron chi connectivity index (χ3n) is 4.43. The summed E-state index contributed by atoms with van der Waals surface area (Å²) in [6.07, 6.45) is 0. The average molecular weight is 401 g/mol. The second-order valence-electron chi connectivity index (χ2n) is 6.52. The maximum absolute atomic E-state index is 12.6. The fourth-order valence-electron chi connectivity index (χ4n) is 2.93. The van der Waals surface area contributed by atoms with Crippen LogP contribution in [0.15, 0.2) is 84.0 Å². The van der Waals surface area contributed by atoms with Gasteiger partial charge < -0.3 is 10.3 Å². The van der Waals surface area contributed by atoms with Gasteiger partial charge in [0.1, 0.15) is 0 Å². The molecule has 29 heavy (non-hydrogen) atoms. The fraction of sp³-hybridized carbons (Fsp3) is 0.0870. The van der Waals surface area contributed by atoms with Crippen LogP contribution in [0.5, 0.6) is 0 Å². The molecule has 1 amide bonds. The zero-order chi connectivity index (χ0) is 20.1. The lowest BCUT2D eigenvalue weighted by atomic mass is 10.0. The molecule has 1 aromatic heterocycles. The van der Waals surface area contributed by atoms with Crippen LogP contribution in [0.2, 0.25) is 0 Å². The summed E-state index contributed by atoms with van der Waals surface area (Å²) in [5.41, 5.74) is 3.85. The number of rotatable bonds is 7. The van der Waals surface area contributed by atoms with Crippen molar-refractivity contribution in [2.45, 2.75) is 11.7 Å². The summed E-state index contributed by atoms with van der Waals surface area (Å²) in [7, 11) is 0. The van der Waals surface area contributed by atoms with E-state index in [4.69, 9.17) is 0 Å². The number of ketones is 1. The number of nitrogens with zero attached hydrogens (tertiary/aromatic N) is 1. The van der Waals surface area contributed by atoms with Crippen LogP contribution < -0.4 is 5.32 Å². The topological polar surface area (TPSA) is 74.8 Å². The highest BCUT2D eigenvalue weighted by atomic mass is 32.2. The standard InChI is InChI=1S/C23H19N3O2S/c27-21(24-14-16-7-3-1-4-8-16)15-29-23-25-19-12-11-18(13-20(19)26-23)22(28)17-9-5-2-6-10-17/h1-13H,14-15H2,(H,24,27)(H,25,26). The van der Waals surface area contributed by atoms with Crippen molar-refractivity contribution >= 4 is 34.5 Å². The highest BCUT2D eigenvalue weighted by molar-refractivity contribution is 7.99. The summed E-state index contributed by atoms with van der Waals surface area (Å²) in [6.45, 7) is 0.505. The van der Waals surface area contributed by atoms with Crippen LogP contribution >= 0.6 is 11.8 Å². The van der Waals surface area contributed by atoms with E-state index in [1.165, 1.54) is 11.8 Å². The van der Waals surface area contributed by atoms with Gasteiger partial charge >= 0.3 is 0 Å². The number of aromatic amines is 1. The summed E-state index contributed by atoms with van der Waals surface area (Å²) in [6, 6.07) is 24.4. The Morgan fingerprint density at radius 3 is 2.38 bits per heavy atom. The van der Waals surface area contributed by atoms with E-state index in [-0.39, 0.29) is 17.4 Å². The summed E-state index contributed by atoms with van der Waals surface area (Å²) in [5, 5.41) is 3.55. The van der Waals surface area contributed by atoms with Gasteiger partial charge in [-0.05, 0) is 23.8 Å². The van der Waals surface area contributed by atoms with Gasteiger partial charge in [0, 0.05) is 17.7 Å². The van der Waals surface area contributed by atoms with Crippen molar-refractivity contribution in [1.82, 2.24) is 15.3 Å². The van der Waals surface area contributed by atoms with Gasteiger partial charge in [0.25, 0.3) is 0 Å². The number of amides is 1. The van der Waals surface area contributed by atoms with Crippen molar-refractivity contribution in [2.75, 3.05) is 5.75 Å². The number of aromatic nitrogens is 2. The monoisotopic (exact) mass is 401 g/mol. The van der Waals surface area contributed by atoms with Gasteiger partial charge in [-0.1, -0.05) is 72.4 Å². The third-order valence-corrected chi connectivity index (χ3v) is 5.30. The number of benzene rings is 3. The van der Waals surface area contributed by atoms with E-state index < -0.39 is 0 Å². The van der Waals surface area contributed by atoms with Gasteiger partial charge in [0.15, 0.2) is 10.9 Å². The molecule has 1 heterocycles. The Morgan fingerprint density at radius 2 is 1.62 bits per heavy atom. The predicted molar refractivity (Wildman–Crippen MR) is 115 cm³/mol. The summed E-state index contributed by atoms with van der Waals surface area (Å²) in [4.78, 5) is 32.4. The first-order chi connectivity index (χ1) is 14.2. The minimum absolute atomic E-state index is 0.0309. The van der Waals surface area contributed by atoms with Crippen molar-refractivity contribution in [3.05, 3.63) is 95.6 Å². The number of carbonyl (C=O) groups is 2. The van der Waals surface area contributed by atoms with Gasteiger partial charge in [0.2, 0.25) is 5.91 Å². The molecule has 2 N–H and O–H groups in total. The van der Waals surface area contributed by atoms with Crippen LogP contribution in [0, 0.1) is 0 Å². The zero-order valence-corrected chi connectivity index (χ0v) is 16.4. The van der Waals surface area contributed by atoms with E-state index in [2.05, 4.69) is 15.3 Å². The number of hydrogen-bond donors (Lipinski definition) is 2. The summed E-state index contributed by atoms with van der Waals surface area (Å²) < 4.78 is 0. The Hall–Kier alpha value is -3.38. The number of carbonyl (C=O) groups excluding carboxylic acids is 2. The smallest absolute Gasteiger partial charge is 0.230 e. The number of hydrogen-bond acceptors (Lipinski definition) is 4. The maximum Gasteiger partial charge on any atom is 0.230 e. The number of nitrogens with one attached hydrogen (secondary N) is 2. The van der Waals surface area contributed by atoms with Crippen LogP contribution in [-0.4, -0.2) is 27.4 Å². The average Bonchev–Trinajstić information content (AvgIpc) is 3.19. The Balaban J connectivity index is 1.39. The molecule has 0 fully saturated rings. The molecule has 4 rings (SSSR count). The Bertz CT molecular complexity index is 1140. The molecule has 3 aromatic carbocycles. The first-order valence-corrected chi connectivity index (χ1v) is 10.2. The molecule has 144 valence electrons. The number of fused-ring (bicyclic) bond motifs is 1. The molecule has 4 aromatic rings. The van der Waals surface area contributed by atoms with Crippen LogP contribution in [-0.2, 0) is 11.3 Å². The summed E-state index contributed by atoms with van der Waals surface area (Å²) >= 11 is 1.34. The highest BCUT2D eigenvalue weighted by Crippen LogP contribution is 2.21. The molecule has 0 saturated heterocycles. The normalized spacial score (nSPS) is 10.8. The largest absolute Gasteiger partial charge is 0.351 e. The second kappa shape index (κ2) is 8.75. The van der Waals surface area contributed by atoms with E-state index in [9.17, 15) is 9.59 Å². The minimum atomic E-state index is -0.0562. The first-order valence-electron chi connectivity index (χ1n) is 9.22. The predicted octanol–water partition coefficient (Wildman–Crippen LogP) is 4.20. The minimum Gasteiger partial charge on any atom is -0.351 e. The van der Waals surface area contributed by atoms with E-state index in [1.54, 1.807) is 24.3 Å². The van der Waals surface area contributed by atoms with Crippen molar-refractivity contribution in [3.8, 4) is 0 Å². The lowest BCUT2D eigenvalue weighted by Crippen LogP contribution is -2.24. The van der Waals surface area contributed by atoms with E-state index in [1.807, 2.05) is 54.6 Å². The molecule has 0 aliphatic carbocycles. The van der Waals surface area contributed by atoms with Gasteiger partial charge in [-0.15, -0.1) is 0 Å². The van der Waals surface area contributed by atoms with E-state index >= 15 is 0 Å². The second-order valence-corrected chi connectivity index (χ2v) is 7.48. The number of imidazole rings is 1. The van der Waals surface area contributed by atoms with Crippen LogP contribution in [0.4, 0.5) is 0 Å². The van der Waals surface area contributed by atoms with Crippen molar-refractivity contribution in [1.29, 1.82) is 0 Å². The van der Waals surface area contributed by atoms with Crippen molar-refractivity contribution in [2.24, 2.45) is 0 Å². The molecule has 0 aliphatic heterocycles. The van der Waals surface area contributed by atoms with Crippen LogP contribution in [0.25, 0.3) is 11.0 Å². The van der Waals surface area contributed by atoms with Crippen molar-refractivity contribution in [3.63, 3.8) is 0 Å². The quantitative estimate of drug-likeness (QED) is 0.359. The molecular weight excluding hydrogens is 382 g/mol. The molecule has 6 heteroatoms. The Kier molecular flexibility index (Phi) is 5.72. The molecule has 5 nitrogen and oxygen atoms in total. The molecule has 0 aliphatic rings. The lowest BCUT2D eigenvalue weighted by molar-refractivity contribution is -0.118. The SMILES string of the molecule is O=C(CSc1nc2ccc(C(=O)c3ccccc3)cc2[nH]1)NCc1ccccc1. The zero-order valence-electron chi connectivity index (χ0n) is 15.6. The van der Waals surface area contributed by atoms with Gasteiger partial charge in [-0.2, -0.15) is 0 Å². The molecule has 0 bridgehead atoms. The number of thioether (sulfide) groups is 1. The molecule has 0 saturated carbocycles. The maximum atomic E-state index is 12.6. The highest BCUT2D eigenvalue weighted by Gasteiger charge is 2.12. The van der Waals surface area contributed by atoms with Crippen LogP contribution in [0.1, 0.15) is 21.5 Å². The summed E-state index contributed by atoms with van der Waals surface area (Å²) in [5.74, 6) is 0.179. The van der Waals surface area contributed by atoms with E-state index in [0.29, 0.717) is 22.8 Å². The van der Waals surface area contributed by atoms with Crippen LogP contribution in [0.3, 0.4) is 0 Å². The third kappa shape index (κ3) is 4.73. The van der Waals surface area contributed by atoms with Gasteiger partial charge in [-0.25, -0.2) is 4.98 Å². The van der Waals surface area contributed by atoms with E-state index in [0.717, 1.165) is 16.6 Å². The Morgan fingerprint density at radius 1 is 0.897 bits per heavy atom. The number of H-pyrrole nitrogens is 1. The van der Waals surface area contributed by atoms with Gasteiger partial charge in [0.05, 0.1) is 16.8 Å². The molecule has 0 spiro atoms. The Labute approximate surface area is 172 Å². The first kappa shape index (κ1) is 19.0. The van der Waals surface area contributed by atoms with Crippen molar-refractivity contribution < 1.29 is 9.59 Å². The lowest BCUT2D eigenvalue weighted by Gasteiger charge is -2.04. The molecular formula is C23H19N3O2S. The molecule has 0 atom stereocenters. The molecule has 0 radical (unpaired) electrons. The molecule has 0 unspecified atom stereocenters.